The summed E-state index contributed by atoms with van der Waals surface area (Å²) in [7, 11) is 2.06. The summed E-state index contributed by atoms with van der Waals surface area (Å²) in [6.45, 7) is 6.11. The molecule has 0 radical (unpaired) electrons. The maximum Gasteiger partial charge on any atom is 0.159 e. The van der Waals surface area contributed by atoms with Crippen LogP contribution in [0.25, 0.3) is 0 Å². The van der Waals surface area contributed by atoms with Gasteiger partial charge in [-0.3, -0.25) is 0 Å². The van der Waals surface area contributed by atoms with Crippen molar-refractivity contribution in [1.82, 2.24) is 4.90 Å². The Morgan fingerprint density at radius 3 is 2.55 bits per heavy atom. The lowest BCUT2D eigenvalue weighted by Gasteiger charge is -2.15. The highest BCUT2D eigenvalue weighted by molar-refractivity contribution is 7.80. The molecule has 0 fully saturated rings. The molecule has 0 aliphatic rings. The summed E-state index contributed by atoms with van der Waals surface area (Å²) in [4.78, 5) is 2.20. The van der Waals surface area contributed by atoms with Gasteiger partial charge in [-0.15, -0.1) is 0 Å². The quantitative estimate of drug-likeness (QED) is 0.645. The first-order valence-corrected chi connectivity index (χ1v) is 4.40. The lowest BCUT2D eigenvalue weighted by atomic mass is 10.1. The minimum atomic E-state index is 0.134. The fourth-order valence-electron chi connectivity index (χ4n) is 0.696. The molecular formula is C8H17NOS. The molecular weight excluding hydrogens is 158 g/mol. The molecule has 0 saturated heterocycles. The summed E-state index contributed by atoms with van der Waals surface area (Å²) >= 11 is 4.64. The van der Waals surface area contributed by atoms with Gasteiger partial charge in [-0.05, 0) is 38.8 Å². The predicted molar refractivity (Wildman–Crippen MR) is 52.2 cm³/mol. The number of hydrogen-bond donors (Lipinski definition) is 1. The minimum Gasteiger partial charge on any atom is -0.502 e. The monoisotopic (exact) mass is 175 g/mol. The summed E-state index contributed by atoms with van der Waals surface area (Å²) < 4.78 is 0. The normalized spacial score (nSPS) is 13.5. The maximum absolute atomic E-state index is 8.92. The summed E-state index contributed by atoms with van der Waals surface area (Å²) in [6, 6.07) is 0. The molecule has 66 valence electrons. The van der Waals surface area contributed by atoms with Gasteiger partial charge in [0, 0.05) is 5.92 Å². The molecule has 3 heteroatoms. The van der Waals surface area contributed by atoms with Crippen molar-refractivity contribution >= 4 is 17.3 Å². The van der Waals surface area contributed by atoms with E-state index in [2.05, 4.69) is 31.1 Å². The van der Waals surface area contributed by atoms with Gasteiger partial charge in [-0.25, -0.2) is 0 Å². The molecule has 1 atom stereocenters. The zero-order valence-corrected chi connectivity index (χ0v) is 8.32. The highest BCUT2D eigenvalue weighted by atomic mass is 32.1. The maximum atomic E-state index is 8.92. The van der Waals surface area contributed by atoms with Gasteiger partial charge >= 0.3 is 0 Å². The predicted octanol–water partition coefficient (Wildman–Crippen LogP) is 1.85. The highest BCUT2D eigenvalue weighted by Gasteiger charge is 2.06. The second-order valence-corrected chi connectivity index (χ2v) is 3.34. The molecule has 0 aliphatic carbocycles. The lowest BCUT2D eigenvalue weighted by molar-refractivity contribution is 0.330. The van der Waals surface area contributed by atoms with Crippen molar-refractivity contribution < 1.29 is 5.11 Å². The van der Waals surface area contributed by atoms with Crippen molar-refractivity contribution in [2.75, 3.05) is 20.1 Å². The Labute approximate surface area is 74.2 Å². The average molecular weight is 175 g/mol. The van der Waals surface area contributed by atoms with E-state index < -0.39 is 0 Å². The zero-order valence-electron chi connectivity index (χ0n) is 7.50. The van der Waals surface area contributed by atoms with Crippen molar-refractivity contribution in [3.05, 3.63) is 0 Å². The third-order valence-electron chi connectivity index (χ3n) is 1.91. The van der Waals surface area contributed by atoms with E-state index in [1.807, 2.05) is 6.92 Å². The fraction of sp³-hybridized carbons (Fsp3) is 0.875. The summed E-state index contributed by atoms with van der Waals surface area (Å²) in [6.07, 6.45) is 0.944. The first-order valence-electron chi connectivity index (χ1n) is 3.99. The molecule has 0 spiro atoms. The van der Waals surface area contributed by atoms with Crippen molar-refractivity contribution in [1.29, 1.82) is 0 Å². The Hall–Kier alpha value is -0.150. The van der Waals surface area contributed by atoms with Crippen LogP contribution in [0.5, 0.6) is 0 Å². The van der Waals surface area contributed by atoms with Gasteiger partial charge in [0.25, 0.3) is 0 Å². The van der Waals surface area contributed by atoms with Crippen molar-refractivity contribution in [2.45, 2.75) is 20.3 Å². The number of rotatable bonds is 5. The molecule has 0 heterocycles. The van der Waals surface area contributed by atoms with Gasteiger partial charge in [0.15, 0.2) is 5.05 Å². The van der Waals surface area contributed by atoms with Crippen molar-refractivity contribution in [3.63, 3.8) is 0 Å². The van der Waals surface area contributed by atoms with Gasteiger partial charge in [0.05, 0.1) is 0 Å². The van der Waals surface area contributed by atoms with Crippen LogP contribution in [-0.2, 0) is 0 Å². The van der Waals surface area contributed by atoms with Gasteiger partial charge in [0.2, 0.25) is 0 Å². The molecule has 0 aromatic heterocycles. The van der Waals surface area contributed by atoms with Gasteiger partial charge in [-0.2, -0.15) is 0 Å². The second-order valence-electron chi connectivity index (χ2n) is 2.92. The van der Waals surface area contributed by atoms with E-state index in [-0.39, 0.29) is 11.0 Å². The van der Waals surface area contributed by atoms with Crippen molar-refractivity contribution in [3.8, 4) is 0 Å². The number of thiocarbonyl (C=S) groups is 1. The van der Waals surface area contributed by atoms with E-state index in [9.17, 15) is 0 Å². The molecule has 1 N–H and O–H groups in total. The number of aliphatic hydroxyl groups excluding tert-OH is 1. The molecule has 0 aliphatic heterocycles. The first kappa shape index (κ1) is 10.8. The van der Waals surface area contributed by atoms with Gasteiger partial charge in [-0.1, -0.05) is 13.8 Å². The third-order valence-corrected chi connectivity index (χ3v) is 2.31. The Kier molecular flexibility index (Phi) is 5.42. The van der Waals surface area contributed by atoms with Crippen LogP contribution in [0, 0.1) is 5.92 Å². The number of aliphatic hydroxyl groups is 1. The average Bonchev–Trinajstić information content (AvgIpc) is 1.99. The van der Waals surface area contributed by atoms with Crippen LogP contribution in [0.4, 0.5) is 0 Å². The van der Waals surface area contributed by atoms with Gasteiger partial charge in [0.1, 0.15) is 0 Å². The van der Waals surface area contributed by atoms with Crippen LogP contribution in [0.15, 0.2) is 0 Å². The third kappa shape index (κ3) is 5.16. The van der Waals surface area contributed by atoms with E-state index in [1.165, 1.54) is 0 Å². The van der Waals surface area contributed by atoms with Crippen LogP contribution in [-0.4, -0.2) is 35.2 Å². The number of nitrogens with zero attached hydrogens (tertiary/aromatic N) is 1. The zero-order chi connectivity index (χ0) is 8.85. The summed E-state index contributed by atoms with van der Waals surface area (Å²) in [5, 5.41) is 9.05. The van der Waals surface area contributed by atoms with E-state index in [0.29, 0.717) is 0 Å². The van der Waals surface area contributed by atoms with E-state index in [1.54, 1.807) is 0 Å². The van der Waals surface area contributed by atoms with Crippen LogP contribution in [0.1, 0.15) is 20.3 Å². The molecule has 0 amide bonds. The van der Waals surface area contributed by atoms with E-state index in [0.717, 1.165) is 19.5 Å². The Bertz CT molecular complexity index is 127. The largest absolute Gasteiger partial charge is 0.502 e. The molecule has 0 bridgehead atoms. The molecule has 2 nitrogen and oxygen atoms in total. The van der Waals surface area contributed by atoms with Crippen molar-refractivity contribution in [2.24, 2.45) is 5.92 Å². The lowest BCUT2D eigenvalue weighted by Crippen LogP contribution is -2.22. The second kappa shape index (κ2) is 5.49. The SMILES string of the molecule is CCN(C)CCC(C)C(O)=S. The van der Waals surface area contributed by atoms with Crippen LogP contribution in [0.2, 0.25) is 0 Å². The van der Waals surface area contributed by atoms with Gasteiger partial charge < -0.3 is 10.0 Å². The van der Waals surface area contributed by atoms with Crippen LogP contribution < -0.4 is 0 Å². The smallest absolute Gasteiger partial charge is 0.159 e. The summed E-state index contributed by atoms with van der Waals surface area (Å²) in [5.41, 5.74) is 0. The molecule has 0 saturated carbocycles. The molecule has 0 aromatic carbocycles. The fourth-order valence-corrected chi connectivity index (χ4v) is 0.813. The molecule has 0 rings (SSSR count). The molecule has 1 unspecified atom stereocenters. The van der Waals surface area contributed by atoms with E-state index >= 15 is 0 Å². The highest BCUT2D eigenvalue weighted by Crippen LogP contribution is 2.03. The number of hydrogen-bond acceptors (Lipinski definition) is 2. The first-order chi connectivity index (χ1) is 5.07. The van der Waals surface area contributed by atoms with Crippen LogP contribution in [0.3, 0.4) is 0 Å². The Morgan fingerprint density at radius 2 is 2.18 bits per heavy atom. The minimum absolute atomic E-state index is 0.134. The summed E-state index contributed by atoms with van der Waals surface area (Å²) in [5.74, 6) is 0.152. The molecule has 0 aromatic rings. The Balaban J connectivity index is 3.45. The van der Waals surface area contributed by atoms with Crippen LogP contribution >= 0.6 is 12.2 Å². The van der Waals surface area contributed by atoms with E-state index in [4.69, 9.17) is 5.11 Å². The standard InChI is InChI=1S/C8H17NOS/c1-4-9(3)6-5-7(2)8(10)11/h7H,4-6H2,1-3H3,(H,10,11). The Morgan fingerprint density at radius 1 is 1.64 bits per heavy atom. The molecule has 11 heavy (non-hydrogen) atoms. The topological polar surface area (TPSA) is 23.5 Å².